The molecule has 0 fully saturated rings. The van der Waals surface area contributed by atoms with Crippen molar-refractivity contribution in [1.82, 2.24) is 0 Å². The molecule has 31 heavy (non-hydrogen) atoms. The lowest BCUT2D eigenvalue weighted by molar-refractivity contribution is -0.154. The predicted molar refractivity (Wildman–Crippen MR) is 105 cm³/mol. The molecule has 0 amide bonds. The molecule has 0 bridgehead atoms. The minimum absolute atomic E-state index is 0.0386. The van der Waals surface area contributed by atoms with E-state index in [2.05, 4.69) is 0 Å². The molecule has 1 aromatic heterocycles. The number of fused-ring (bicyclic) bond motifs is 1. The van der Waals surface area contributed by atoms with Crippen LogP contribution in [0.2, 0.25) is 0 Å². The minimum atomic E-state index is -4.98. The van der Waals surface area contributed by atoms with Crippen molar-refractivity contribution < 1.29 is 36.6 Å². The molecule has 0 N–H and O–H groups in total. The van der Waals surface area contributed by atoms with Crippen LogP contribution in [-0.2, 0) is 15.7 Å². The highest BCUT2D eigenvalue weighted by atomic mass is 19.4. The van der Waals surface area contributed by atoms with Gasteiger partial charge in [-0.15, -0.1) is 0 Å². The first kappa shape index (κ1) is 22.2. The molecular formula is C22H19F3O6. The molecule has 6 nitrogen and oxygen atoms in total. The van der Waals surface area contributed by atoms with Crippen molar-refractivity contribution in [3.8, 4) is 17.2 Å². The van der Waals surface area contributed by atoms with Gasteiger partial charge in [-0.25, -0.2) is 4.79 Å². The molecule has 0 aliphatic carbocycles. The lowest BCUT2D eigenvalue weighted by Gasteiger charge is -2.14. The molecule has 2 aromatic carbocycles. The second-order valence-corrected chi connectivity index (χ2v) is 6.99. The van der Waals surface area contributed by atoms with Crippen molar-refractivity contribution in [2.45, 2.75) is 33.1 Å². The molecule has 0 saturated heterocycles. The van der Waals surface area contributed by atoms with Gasteiger partial charge in [0.25, 0.3) is 5.76 Å². The van der Waals surface area contributed by atoms with Crippen LogP contribution in [0.1, 0.15) is 25.2 Å². The summed E-state index contributed by atoms with van der Waals surface area (Å²) in [6, 6.07) is 9.86. The second kappa shape index (κ2) is 8.71. The van der Waals surface area contributed by atoms with Gasteiger partial charge in [0.2, 0.25) is 11.2 Å². The Morgan fingerprint density at radius 1 is 1.06 bits per heavy atom. The number of aryl methyl sites for hydroxylation is 1. The molecule has 0 aliphatic rings. The second-order valence-electron chi connectivity index (χ2n) is 6.99. The summed E-state index contributed by atoms with van der Waals surface area (Å²) >= 11 is 0. The fourth-order valence-electron chi connectivity index (χ4n) is 2.69. The summed E-state index contributed by atoms with van der Waals surface area (Å²) in [6.07, 6.45) is -5.32. The van der Waals surface area contributed by atoms with Crippen LogP contribution in [0.15, 0.2) is 51.7 Å². The number of ether oxygens (including phenoxy) is 3. The molecule has 9 heteroatoms. The SMILES string of the molecule is Cc1ccc(Oc2c(C(F)(F)F)oc3cc(OCC(=O)OC(C)C)ccc3c2=O)cc1. The Labute approximate surface area is 175 Å². The van der Waals surface area contributed by atoms with E-state index in [1.54, 1.807) is 32.9 Å². The van der Waals surface area contributed by atoms with Gasteiger partial charge in [0, 0.05) is 6.07 Å². The van der Waals surface area contributed by atoms with Crippen molar-refractivity contribution in [2.75, 3.05) is 6.61 Å². The fourth-order valence-corrected chi connectivity index (χ4v) is 2.69. The number of carbonyl (C=O) groups is 1. The Balaban J connectivity index is 1.99. The van der Waals surface area contributed by atoms with Crippen molar-refractivity contribution >= 4 is 16.9 Å². The Bertz CT molecular complexity index is 1150. The maximum Gasteiger partial charge on any atom is 0.453 e. The maximum atomic E-state index is 13.6. The van der Waals surface area contributed by atoms with Crippen LogP contribution >= 0.6 is 0 Å². The first-order chi connectivity index (χ1) is 14.5. The minimum Gasteiger partial charge on any atom is -0.482 e. The lowest BCUT2D eigenvalue weighted by Crippen LogP contribution is -2.19. The first-order valence-electron chi connectivity index (χ1n) is 9.29. The molecule has 3 rings (SSSR count). The van der Waals surface area contributed by atoms with E-state index in [0.29, 0.717) is 0 Å². The van der Waals surface area contributed by atoms with Gasteiger partial charge in [-0.05, 0) is 45.0 Å². The van der Waals surface area contributed by atoms with Crippen LogP contribution in [0.25, 0.3) is 11.0 Å². The van der Waals surface area contributed by atoms with Crippen LogP contribution in [0.3, 0.4) is 0 Å². The highest BCUT2D eigenvalue weighted by Crippen LogP contribution is 2.38. The van der Waals surface area contributed by atoms with Gasteiger partial charge in [-0.2, -0.15) is 13.2 Å². The molecule has 0 saturated carbocycles. The van der Waals surface area contributed by atoms with E-state index in [1.165, 1.54) is 24.3 Å². The van der Waals surface area contributed by atoms with Crippen LogP contribution in [0.4, 0.5) is 13.2 Å². The highest BCUT2D eigenvalue weighted by molar-refractivity contribution is 5.80. The zero-order valence-electron chi connectivity index (χ0n) is 16.9. The average molecular weight is 436 g/mol. The van der Waals surface area contributed by atoms with Crippen molar-refractivity contribution in [2.24, 2.45) is 0 Å². The van der Waals surface area contributed by atoms with Crippen LogP contribution in [-0.4, -0.2) is 18.7 Å². The fraction of sp³-hybridized carbons (Fsp3) is 0.273. The van der Waals surface area contributed by atoms with Gasteiger partial charge in [0.15, 0.2) is 6.61 Å². The largest absolute Gasteiger partial charge is 0.482 e. The molecule has 0 unspecified atom stereocenters. The summed E-state index contributed by atoms with van der Waals surface area (Å²) < 4.78 is 61.2. The summed E-state index contributed by atoms with van der Waals surface area (Å²) in [4.78, 5) is 24.3. The Morgan fingerprint density at radius 3 is 2.32 bits per heavy atom. The van der Waals surface area contributed by atoms with E-state index < -0.39 is 35.7 Å². The molecule has 1 heterocycles. The number of hydrogen-bond acceptors (Lipinski definition) is 6. The third-order valence-corrected chi connectivity index (χ3v) is 4.04. The summed E-state index contributed by atoms with van der Waals surface area (Å²) in [5.41, 5.74) is -0.470. The number of hydrogen-bond donors (Lipinski definition) is 0. The van der Waals surface area contributed by atoms with E-state index >= 15 is 0 Å². The van der Waals surface area contributed by atoms with Gasteiger partial charge in [0.1, 0.15) is 17.1 Å². The summed E-state index contributed by atoms with van der Waals surface area (Å²) in [5.74, 6) is -3.07. The van der Waals surface area contributed by atoms with Crippen molar-refractivity contribution in [3.63, 3.8) is 0 Å². The monoisotopic (exact) mass is 436 g/mol. The number of halogens is 3. The number of alkyl halides is 3. The van der Waals surface area contributed by atoms with Crippen LogP contribution in [0.5, 0.6) is 17.2 Å². The van der Waals surface area contributed by atoms with Crippen molar-refractivity contribution in [3.05, 3.63) is 64.0 Å². The Kier molecular flexibility index (Phi) is 6.24. The standard InChI is InChI=1S/C22H19F3O6/c1-12(2)29-18(26)11-28-15-8-9-16-17(10-15)31-21(22(23,24)25)20(19(16)27)30-14-6-4-13(3)5-7-14/h4-10,12H,11H2,1-3H3. The molecular weight excluding hydrogens is 417 g/mol. The molecule has 164 valence electrons. The molecule has 0 atom stereocenters. The van der Waals surface area contributed by atoms with E-state index in [9.17, 15) is 22.8 Å². The van der Waals surface area contributed by atoms with E-state index in [1.807, 2.05) is 0 Å². The quantitative estimate of drug-likeness (QED) is 0.492. The van der Waals surface area contributed by atoms with E-state index in [-0.39, 0.29) is 28.6 Å². The van der Waals surface area contributed by atoms with Crippen molar-refractivity contribution in [1.29, 1.82) is 0 Å². The number of carbonyl (C=O) groups excluding carboxylic acids is 1. The van der Waals surface area contributed by atoms with Crippen LogP contribution < -0.4 is 14.9 Å². The van der Waals surface area contributed by atoms with E-state index in [4.69, 9.17) is 18.6 Å². The lowest BCUT2D eigenvalue weighted by atomic mass is 10.2. The maximum absolute atomic E-state index is 13.6. The van der Waals surface area contributed by atoms with Crippen LogP contribution in [0, 0.1) is 6.92 Å². The zero-order valence-corrected chi connectivity index (χ0v) is 16.9. The molecule has 3 aromatic rings. The van der Waals surface area contributed by atoms with Gasteiger partial charge in [-0.3, -0.25) is 4.79 Å². The predicted octanol–water partition coefficient (Wildman–Crippen LogP) is 5.24. The Morgan fingerprint density at radius 2 is 1.71 bits per heavy atom. The van der Waals surface area contributed by atoms with Gasteiger partial charge >= 0.3 is 12.1 Å². The highest BCUT2D eigenvalue weighted by Gasteiger charge is 2.40. The summed E-state index contributed by atoms with van der Waals surface area (Å²) in [5, 5.41) is -0.132. The molecule has 0 radical (unpaired) electrons. The Hall–Kier alpha value is -3.49. The first-order valence-corrected chi connectivity index (χ1v) is 9.29. The number of rotatable bonds is 6. The third-order valence-electron chi connectivity index (χ3n) is 4.04. The van der Waals surface area contributed by atoms with Gasteiger partial charge in [-0.1, -0.05) is 17.7 Å². The smallest absolute Gasteiger partial charge is 0.453 e. The molecule has 0 spiro atoms. The normalized spacial score (nSPS) is 11.6. The van der Waals surface area contributed by atoms with Gasteiger partial charge < -0.3 is 18.6 Å². The number of esters is 1. The third kappa shape index (κ3) is 5.36. The number of benzene rings is 2. The topological polar surface area (TPSA) is 75.0 Å². The molecule has 0 aliphatic heterocycles. The van der Waals surface area contributed by atoms with Gasteiger partial charge in [0.05, 0.1) is 11.5 Å². The zero-order chi connectivity index (χ0) is 22.8. The average Bonchev–Trinajstić information content (AvgIpc) is 2.68. The summed E-state index contributed by atoms with van der Waals surface area (Å²) in [7, 11) is 0. The van der Waals surface area contributed by atoms with E-state index in [0.717, 1.165) is 11.6 Å². The summed E-state index contributed by atoms with van der Waals surface area (Å²) in [6.45, 7) is 4.68.